The van der Waals surface area contributed by atoms with Crippen molar-refractivity contribution in [2.45, 2.75) is 6.92 Å². The quantitative estimate of drug-likeness (QED) is 0.900. The smallest absolute Gasteiger partial charge is 0.308 e. The summed E-state index contributed by atoms with van der Waals surface area (Å²) < 4.78 is 0. The van der Waals surface area contributed by atoms with Crippen molar-refractivity contribution in [1.29, 1.82) is 0 Å². The summed E-state index contributed by atoms with van der Waals surface area (Å²) in [5.74, 6) is -1.86. The second-order valence-corrected chi connectivity index (χ2v) is 6.31. The molecule has 2 amide bonds. The second-order valence-electron chi connectivity index (χ2n) is 5.36. The van der Waals surface area contributed by atoms with Gasteiger partial charge in [0, 0.05) is 20.1 Å². The molecule has 21 heavy (non-hydrogen) atoms. The van der Waals surface area contributed by atoms with Crippen LogP contribution in [-0.2, 0) is 9.59 Å². The van der Waals surface area contributed by atoms with Crippen LogP contribution in [0.2, 0.25) is 0 Å². The fourth-order valence-electron chi connectivity index (χ4n) is 2.45. The molecule has 0 unspecified atom stereocenters. The third-order valence-electron chi connectivity index (χ3n) is 3.73. The molecular formula is C14H18N2O4S. The van der Waals surface area contributed by atoms with Gasteiger partial charge in [0.2, 0.25) is 5.91 Å². The molecule has 6 nitrogen and oxygen atoms in total. The van der Waals surface area contributed by atoms with Gasteiger partial charge in [-0.2, -0.15) is 0 Å². The maximum Gasteiger partial charge on any atom is 0.308 e. The lowest BCUT2D eigenvalue weighted by Crippen LogP contribution is -2.40. The van der Waals surface area contributed by atoms with E-state index in [1.807, 2.05) is 12.3 Å². The number of carboxylic acid groups (broad SMARTS) is 1. The van der Waals surface area contributed by atoms with Crippen LogP contribution in [0.4, 0.5) is 0 Å². The van der Waals surface area contributed by atoms with Crippen LogP contribution in [-0.4, -0.2) is 59.4 Å². The van der Waals surface area contributed by atoms with Crippen molar-refractivity contribution < 1.29 is 19.5 Å². The number of amides is 2. The van der Waals surface area contributed by atoms with Crippen molar-refractivity contribution in [2.24, 2.45) is 11.8 Å². The van der Waals surface area contributed by atoms with Gasteiger partial charge in [-0.1, -0.05) is 13.0 Å². The van der Waals surface area contributed by atoms with Crippen LogP contribution in [0.25, 0.3) is 0 Å². The number of carboxylic acids is 1. The normalized spacial score (nSPS) is 21.3. The first-order chi connectivity index (χ1) is 9.90. The fourth-order valence-corrected chi connectivity index (χ4v) is 3.17. The topological polar surface area (TPSA) is 77.9 Å². The van der Waals surface area contributed by atoms with Crippen molar-refractivity contribution in [1.82, 2.24) is 9.80 Å². The average molecular weight is 310 g/mol. The molecule has 0 saturated carbocycles. The lowest BCUT2D eigenvalue weighted by atomic mass is 9.99. The zero-order valence-corrected chi connectivity index (χ0v) is 12.8. The van der Waals surface area contributed by atoms with Crippen LogP contribution in [0.3, 0.4) is 0 Å². The van der Waals surface area contributed by atoms with Gasteiger partial charge in [-0.15, -0.1) is 11.3 Å². The number of rotatable bonds is 4. The summed E-state index contributed by atoms with van der Waals surface area (Å²) in [5.41, 5.74) is 0. The van der Waals surface area contributed by atoms with E-state index in [9.17, 15) is 14.4 Å². The molecule has 2 atom stereocenters. The summed E-state index contributed by atoms with van der Waals surface area (Å²) in [6.07, 6.45) is 0. The van der Waals surface area contributed by atoms with Crippen LogP contribution < -0.4 is 0 Å². The number of carbonyl (C=O) groups excluding carboxylic acids is 2. The highest BCUT2D eigenvalue weighted by Gasteiger charge is 2.37. The molecule has 0 spiro atoms. The van der Waals surface area contributed by atoms with Gasteiger partial charge in [-0.3, -0.25) is 14.4 Å². The van der Waals surface area contributed by atoms with Crippen molar-refractivity contribution in [3.63, 3.8) is 0 Å². The van der Waals surface area contributed by atoms with E-state index in [1.165, 1.54) is 21.1 Å². The van der Waals surface area contributed by atoms with E-state index in [0.29, 0.717) is 11.4 Å². The number of thiophene rings is 1. The molecule has 1 aromatic heterocycles. The first-order valence-corrected chi connectivity index (χ1v) is 7.57. The Labute approximate surface area is 127 Å². The number of aliphatic carboxylic acids is 1. The molecule has 0 radical (unpaired) electrons. The van der Waals surface area contributed by atoms with Crippen LogP contribution in [0.15, 0.2) is 17.5 Å². The fraction of sp³-hybridized carbons (Fsp3) is 0.500. The van der Waals surface area contributed by atoms with Gasteiger partial charge >= 0.3 is 5.97 Å². The van der Waals surface area contributed by atoms with E-state index in [2.05, 4.69) is 0 Å². The molecule has 0 bridgehead atoms. The minimum Gasteiger partial charge on any atom is -0.481 e. The largest absolute Gasteiger partial charge is 0.481 e. The second kappa shape index (κ2) is 6.26. The first-order valence-electron chi connectivity index (χ1n) is 6.69. The minimum absolute atomic E-state index is 0.0320. The summed E-state index contributed by atoms with van der Waals surface area (Å²) in [5, 5.41) is 10.9. The van der Waals surface area contributed by atoms with Gasteiger partial charge in [-0.25, -0.2) is 0 Å². The molecule has 1 aliphatic rings. The molecule has 1 fully saturated rings. The minimum atomic E-state index is -0.874. The Morgan fingerprint density at radius 2 is 2.14 bits per heavy atom. The van der Waals surface area contributed by atoms with Gasteiger partial charge in [0.15, 0.2) is 0 Å². The van der Waals surface area contributed by atoms with Crippen LogP contribution in [0.1, 0.15) is 16.6 Å². The van der Waals surface area contributed by atoms with Crippen molar-refractivity contribution in [3.05, 3.63) is 22.4 Å². The number of hydrogen-bond donors (Lipinski definition) is 1. The Morgan fingerprint density at radius 1 is 1.43 bits per heavy atom. The van der Waals surface area contributed by atoms with Gasteiger partial charge in [0.05, 0.1) is 17.3 Å². The standard InChI is InChI=1S/C14H18N2O4S/c1-9-6-16(7-10(9)14(19)20)12(17)8-15(2)13(18)11-4-3-5-21-11/h3-5,9-10H,6-8H2,1-2H3,(H,19,20)/t9-,10-/m1/s1. The molecule has 114 valence electrons. The maximum absolute atomic E-state index is 12.2. The van der Waals surface area contributed by atoms with E-state index in [-0.39, 0.29) is 30.8 Å². The molecule has 0 aromatic carbocycles. The van der Waals surface area contributed by atoms with Crippen molar-refractivity contribution in [2.75, 3.05) is 26.7 Å². The summed E-state index contributed by atoms with van der Waals surface area (Å²) >= 11 is 1.33. The lowest BCUT2D eigenvalue weighted by Gasteiger charge is -2.21. The summed E-state index contributed by atoms with van der Waals surface area (Å²) in [4.78, 5) is 38.8. The Bertz CT molecular complexity index is 543. The SMILES string of the molecule is C[C@@H]1CN(C(=O)CN(C)C(=O)c2cccs2)C[C@H]1C(=O)O. The lowest BCUT2D eigenvalue weighted by molar-refractivity contribution is -0.142. The summed E-state index contributed by atoms with van der Waals surface area (Å²) in [7, 11) is 1.58. The Kier molecular flexibility index (Phi) is 4.62. The van der Waals surface area contributed by atoms with Crippen LogP contribution in [0.5, 0.6) is 0 Å². The Morgan fingerprint density at radius 3 is 2.67 bits per heavy atom. The Hall–Kier alpha value is -1.89. The molecular weight excluding hydrogens is 292 g/mol. The van der Waals surface area contributed by atoms with Crippen LogP contribution >= 0.6 is 11.3 Å². The van der Waals surface area contributed by atoms with E-state index >= 15 is 0 Å². The number of nitrogens with zero attached hydrogens (tertiary/aromatic N) is 2. The highest BCUT2D eigenvalue weighted by molar-refractivity contribution is 7.12. The monoisotopic (exact) mass is 310 g/mol. The number of likely N-dealkylation sites (tertiary alicyclic amines) is 1. The molecule has 1 saturated heterocycles. The number of hydrogen-bond acceptors (Lipinski definition) is 4. The molecule has 7 heteroatoms. The average Bonchev–Trinajstić information content (AvgIpc) is 3.06. The highest BCUT2D eigenvalue weighted by atomic mass is 32.1. The number of likely N-dealkylation sites (N-methyl/N-ethyl adjacent to an activating group) is 1. The van der Waals surface area contributed by atoms with Crippen LogP contribution in [0, 0.1) is 11.8 Å². The van der Waals surface area contributed by atoms with Gasteiger partial charge < -0.3 is 14.9 Å². The summed E-state index contributed by atoms with van der Waals surface area (Å²) in [6.45, 7) is 2.44. The molecule has 2 heterocycles. The zero-order valence-electron chi connectivity index (χ0n) is 12.0. The van der Waals surface area contributed by atoms with Crippen molar-refractivity contribution in [3.8, 4) is 0 Å². The zero-order chi connectivity index (χ0) is 15.6. The predicted molar refractivity (Wildman–Crippen MR) is 78.1 cm³/mol. The third-order valence-corrected chi connectivity index (χ3v) is 4.59. The molecule has 1 N–H and O–H groups in total. The Balaban J connectivity index is 1.93. The van der Waals surface area contributed by atoms with Crippen molar-refractivity contribution >= 4 is 29.1 Å². The maximum atomic E-state index is 12.2. The molecule has 1 aromatic rings. The van der Waals surface area contributed by atoms with Gasteiger partial charge in [0.25, 0.3) is 5.91 Å². The molecule has 2 rings (SSSR count). The highest BCUT2D eigenvalue weighted by Crippen LogP contribution is 2.23. The molecule has 0 aliphatic carbocycles. The first kappa shape index (κ1) is 15.5. The van der Waals surface area contributed by atoms with E-state index in [0.717, 1.165) is 0 Å². The summed E-state index contributed by atoms with van der Waals surface area (Å²) in [6, 6.07) is 3.50. The van der Waals surface area contributed by atoms with E-state index < -0.39 is 11.9 Å². The van der Waals surface area contributed by atoms with Gasteiger partial charge in [0.1, 0.15) is 0 Å². The van der Waals surface area contributed by atoms with E-state index in [4.69, 9.17) is 5.11 Å². The molecule has 1 aliphatic heterocycles. The number of carbonyl (C=O) groups is 3. The van der Waals surface area contributed by atoms with E-state index in [1.54, 1.807) is 19.2 Å². The predicted octanol–water partition coefficient (Wildman–Crippen LogP) is 0.999. The third kappa shape index (κ3) is 3.41. The van der Waals surface area contributed by atoms with Gasteiger partial charge in [-0.05, 0) is 17.4 Å².